The molecular formula is C26H43ClN2O. The first-order chi connectivity index (χ1) is 14.4. The second-order valence-electron chi connectivity index (χ2n) is 8.22. The predicted molar refractivity (Wildman–Crippen MR) is 123 cm³/mol. The number of ether oxygens (including phenoxy) is 1. The molecular weight excluding hydrogens is 392 g/mol. The van der Waals surface area contributed by atoms with Crippen LogP contribution in [0.4, 0.5) is 0 Å². The summed E-state index contributed by atoms with van der Waals surface area (Å²) in [4.78, 5) is 0. The monoisotopic (exact) mass is 434 g/mol. The van der Waals surface area contributed by atoms with E-state index < -0.39 is 0 Å². The Labute approximate surface area is 191 Å². The summed E-state index contributed by atoms with van der Waals surface area (Å²) in [5.74, 6) is 1.26. The van der Waals surface area contributed by atoms with Crippen LogP contribution >= 0.6 is 0 Å². The number of unbranched alkanes of at least 4 members (excludes halogenated alkanes) is 10. The van der Waals surface area contributed by atoms with Gasteiger partial charge in [0.2, 0.25) is 0 Å². The number of nitrogens with zero attached hydrogens (tertiary/aromatic N) is 2. The van der Waals surface area contributed by atoms with E-state index in [1.807, 2.05) is 0 Å². The first kappa shape index (κ1) is 26.7. The van der Waals surface area contributed by atoms with Gasteiger partial charge in [0.25, 0.3) is 5.82 Å². The molecule has 0 atom stereocenters. The maximum absolute atomic E-state index is 5.89. The Hall–Kier alpha value is -1.32. The molecule has 0 bridgehead atoms. The van der Waals surface area contributed by atoms with Crippen molar-refractivity contribution in [1.82, 2.24) is 4.57 Å². The van der Waals surface area contributed by atoms with Crippen molar-refractivity contribution >= 4 is 0 Å². The third-order valence-corrected chi connectivity index (χ3v) is 5.63. The highest BCUT2D eigenvalue weighted by Gasteiger charge is 2.19. The Balaban J connectivity index is 0.00000450. The van der Waals surface area contributed by atoms with Crippen molar-refractivity contribution in [1.29, 1.82) is 0 Å². The summed E-state index contributed by atoms with van der Waals surface area (Å²) in [6, 6.07) is 10.7. The van der Waals surface area contributed by atoms with Gasteiger partial charge >= 0.3 is 0 Å². The van der Waals surface area contributed by atoms with Crippen LogP contribution in [0.1, 0.15) is 90.9 Å². The number of rotatable bonds is 17. The Morgan fingerprint density at radius 3 is 2.00 bits per heavy atom. The van der Waals surface area contributed by atoms with Crippen LogP contribution in [-0.4, -0.2) is 11.2 Å². The fraction of sp³-hybridized carbons (Fsp3) is 0.654. The molecule has 4 heteroatoms. The van der Waals surface area contributed by atoms with E-state index in [9.17, 15) is 0 Å². The predicted octanol–water partition coefficient (Wildman–Crippen LogP) is 4.14. The summed E-state index contributed by atoms with van der Waals surface area (Å²) in [5.41, 5.74) is 1.27. The number of hydrogen-bond acceptors (Lipinski definition) is 1. The van der Waals surface area contributed by atoms with Crippen molar-refractivity contribution in [2.75, 3.05) is 6.61 Å². The van der Waals surface area contributed by atoms with Crippen molar-refractivity contribution in [2.45, 2.75) is 104 Å². The van der Waals surface area contributed by atoms with Gasteiger partial charge in [-0.05, 0) is 31.4 Å². The lowest BCUT2D eigenvalue weighted by atomic mass is 10.1. The van der Waals surface area contributed by atoms with E-state index >= 15 is 0 Å². The third-order valence-electron chi connectivity index (χ3n) is 5.63. The van der Waals surface area contributed by atoms with Crippen molar-refractivity contribution in [2.24, 2.45) is 0 Å². The molecule has 0 aliphatic rings. The van der Waals surface area contributed by atoms with Gasteiger partial charge in [-0.15, -0.1) is 0 Å². The maximum atomic E-state index is 5.89. The molecule has 30 heavy (non-hydrogen) atoms. The highest BCUT2D eigenvalue weighted by molar-refractivity contribution is 5.52. The average molecular weight is 435 g/mol. The molecule has 1 heterocycles. The Morgan fingerprint density at radius 1 is 0.767 bits per heavy atom. The van der Waals surface area contributed by atoms with Crippen LogP contribution < -0.4 is 17.0 Å². The summed E-state index contributed by atoms with van der Waals surface area (Å²) in [6.07, 6.45) is 20.5. The summed E-state index contributed by atoms with van der Waals surface area (Å²) >= 11 is 0. The smallest absolute Gasteiger partial charge is 0.290 e. The molecule has 0 unspecified atom stereocenters. The molecule has 0 fully saturated rings. The average Bonchev–Trinajstić information content (AvgIpc) is 3.16. The lowest BCUT2D eigenvalue weighted by Crippen LogP contribution is -3.00. The molecule has 1 aromatic heterocycles. The maximum Gasteiger partial charge on any atom is 0.290 e. The molecule has 0 amide bonds. The van der Waals surface area contributed by atoms with Crippen LogP contribution in [0.3, 0.4) is 0 Å². The van der Waals surface area contributed by atoms with Gasteiger partial charge in [-0.1, -0.05) is 89.8 Å². The summed E-state index contributed by atoms with van der Waals surface area (Å²) in [7, 11) is 0. The molecule has 2 rings (SSSR count). The van der Waals surface area contributed by atoms with Gasteiger partial charge in [0.15, 0.2) is 6.73 Å². The molecule has 1 aromatic carbocycles. The van der Waals surface area contributed by atoms with E-state index in [0.717, 1.165) is 19.6 Å². The fourth-order valence-electron chi connectivity index (χ4n) is 3.85. The molecule has 0 radical (unpaired) electrons. The van der Waals surface area contributed by atoms with Crippen LogP contribution in [0.25, 0.3) is 11.4 Å². The zero-order valence-electron chi connectivity index (χ0n) is 19.3. The van der Waals surface area contributed by atoms with E-state index in [-0.39, 0.29) is 12.4 Å². The largest absolute Gasteiger partial charge is 1.00 e. The van der Waals surface area contributed by atoms with Gasteiger partial charge < -0.3 is 17.1 Å². The van der Waals surface area contributed by atoms with Crippen molar-refractivity contribution in [3.63, 3.8) is 0 Å². The summed E-state index contributed by atoms with van der Waals surface area (Å²) < 4.78 is 10.5. The minimum Gasteiger partial charge on any atom is -1.00 e. The highest BCUT2D eigenvalue weighted by Crippen LogP contribution is 2.17. The lowest BCUT2D eigenvalue weighted by molar-refractivity contribution is -0.722. The zero-order chi connectivity index (χ0) is 20.6. The second kappa shape index (κ2) is 17.4. The van der Waals surface area contributed by atoms with E-state index in [0.29, 0.717) is 6.73 Å². The number of imidazole rings is 1. The van der Waals surface area contributed by atoms with Gasteiger partial charge in [-0.3, -0.25) is 0 Å². The zero-order valence-corrected chi connectivity index (χ0v) is 20.1. The van der Waals surface area contributed by atoms with Crippen LogP contribution in [0.5, 0.6) is 0 Å². The van der Waals surface area contributed by atoms with Crippen molar-refractivity contribution in [3.8, 4) is 11.4 Å². The van der Waals surface area contributed by atoms with Gasteiger partial charge in [0, 0.05) is 0 Å². The normalized spacial score (nSPS) is 10.9. The number of halogens is 1. The fourth-order valence-corrected chi connectivity index (χ4v) is 3.85. The molecule has 0 spiro atoms. The quantitative estimate of drug-likeness (QED) is 0.270. The molecule has 3 nitrogen and oxygen atoms in total. The van der Waals surface area contributed by atoms with E-state index in [1.165, 1.54) is 82.0 Å². The third kappa shape index (κ3) is 10.1. The van der Waals surface area contributed by atoms with Gasteiger partial charge in [0.05, 0.1) is 18.7 Å². The molecule has 0 saturated carbocycles. The first-order valence-corrected chi connectivity index (χ1v) is 12.1. The highest BCUT2D eigenvalue weighted by atomic mass is 35.5. The van der Waals surface area contributed by atoms with Crippen molar-refractivity contribution < 1.29 is 21.7 Å². The summed E-state index contributed by atoms with van der Waals surface area (Å²) in [5, 5.41) is 0. The molecule has 170 valence electrons. The lowest BCUT2D eigenvalue weighted by Gasteiger charge is -2.07. The number of hydrogen-bond donors (Lipinski definition) is 0. The summed E-state index contributed by atoms with van der Waals surface area (Å²) in [6.45, 7) is 7.04. The molecule has 0 aliphatic heterocycles. The van der Waals surface area contributed by atoms with E-state index in [1.54, 1.807) is 0 Å². The Bertz CT molecular complexity index is 642. The van der Waals surface area contributed by atoms with Crippen LogP contribution in [-0.2, 0) is 18.0 Å². The standard InChI is InChI=1S/C26H43N2O.ClH/c1-3-5-7-8-9-10-11-12-13-17-20-27-21-22-28(24-29-23-6-4-2)26(27)25-18-15-14-16-19-25;/h14-16,18-19,21-22H,3-13,17,20,23-24H2,1-2H3;1H/q+1;/p-1. The molecule has 2 aromatic rings. The van der Waals surface area contributed by atoms with Crippen LogP contribution in [0.2, 0.25) is 0 Å². The van der Waals surface area contributed by atoms with Crippen LogP contribution in [0.15, 0.2) is 42.7 Å². The Kier molecular flexibility index (Phi) is 15.5. The van der Waals surface area contributed by atoms with Gasteiger partial charge in [-0.2, -0.15) is 0 Å². The minimum absolute atomic E-state index is 0. The van der Waals surface area contributed by atoms with E-state index in [4.69, 9.17) is 4.74 Å². The van der Waals surface area contributed by atoms with E-state index in [2.05, 4.69) is 65.7 Å². The molecule has 0 N–H and O–H groups in total. The number of benzene rings is 1. The van der Waals surface area contributed by atoms with Crippen molar-refractivity contribution in [3.05, 3.63) is 42.7 Å². The Morgan fingerprint density at radius 2 is 1.37 bits per heavy atom. The first-order valence-electron chi connectivity index (χ1n) is 12.1. The second-order valence-corrected chi connectivity index (χ2v) is 8.22. The SMILES string of the molecule is CCCCCCCCCCCCn1cc[n+](COCCCC)c1-c1ccccc1.[Cl-]. The van der Waals surface area contributed by atoms with Gasteiger partial charge in [0.1, 0.15) is 12.4 Å². The molecule has 0 aliphatic carbocycles. The van der Waals surface area contributed by atoms with Crippen LogP contribution in [0, 0.1) is 0 Å². The molecule has 0 saturated heterocycles. The van der Waals surface area contributed by atoms with Gasteiger partial charge in [-0.25, -0.2) is 9.13 Å². The topological polar surface area (TPSA) is 18.0 Å². The minimum atomic E-state index is 0. The number of aryl methyl sites for hydroxylation is 1. The number of aromatic nitrogens is 2.